The fourth-order valence-electron chi connectivity index (χ4n) is 3.59. The number of rotatable bonds is 13. The first-order valence-electron chi connectivity index (χ1n) is 14.9. The number of aliphatic carboxylic acids is 2. The van der Waals surface area contributed by atoms with Gasteiger partial charge in [-0.3, -0.25) is 19.2 Å². The standard InChI is InChI=1S/C14H23NO4S.C8H15NO3.C4H10O.2C2H6/c1-9(16)11-4-2-10(3-5-11)7-15-14(19)12(8-20)6-13(17)18;1-4-5-7(10)9(3)6(2)8(11)12;1-3-4-5-2;2*1-2/h10-12,20H,2-8H2,1H3,(H,15,19)(H,17,18);6H,4-5H2,1-3H3,(H,11,12);3-4H2,1-2H3;2*1-2H3/t;6-;;;/m.0.../s1. The van der Waals surface area contributed by atoms with Gasteiger partial charge in [0.25, 0.3) is 0 Å². The molecular formula is C30H60N2O8S. The summed E-state index contributed by atoms with van der Waals surface area (Å²) in [5.74, 6) is -1.84. The van der Waals surface area contributed by atoms with Crippen molar-refractivity contribution in [2.45, 2.75) is 113 Å². The minimum Gasteiger partial charge on any atom is -0.481 e. The number of thiol groups is 1. The van der Waals surface area contributed by atoms with Gasteiger partial charge < -0.3 is 25.2 Å². The summed E-state index contributed by atoms with van der Waals surface area (Å²) in [5, 5.41) is 20.1. The van der Waals surface area contributed by atoms with Gasteiger partial charge in [0.2, 0.25) is 11.8 Å². The third kappa shape index (κ3) is 25.3. The number of carbonyl (C=O) groups excluding carboxylic acids is 3. The number of amides is 2. The summed E-state index contributed by atoms with van der Waals surface area (Å²) < 4.78 is 4.69. The van der Waals surface area contributed by atoms with Crippen LogP contribution < -0.4 is 5.32 Å². The normalized spacial score (nSPS) is 16.6. The summed E-state index contributed by atoms with van der Waals surface area (Å²) in [6, 6.07) is -0.732. The minimum absolute atomic E-state index is 0.118. The van der Waals surface area contributed by atoms with Gasteiger partial charge in [-0.1, -0.05) is 41.5 Å². The Labute approximate surface area is 254 Å². The maximum Gasteiger partial charge on any atom is 0.326 e. The Morgan fingerprint density at radius 2 is 1.49 bits per heavy atom. The Morgan fingerprint density at radius 3 is 1.80 bits per heavy atom. The molecule has 1 saturated carbocycles. The highest BCUT2D eigenvalue weighted by Gasteiger charge is 2.26. The summed E-state index contributed by atoms with van der Waals surface area (Å²) in [6.45, 7) is 16.6. The van der Waals surface area contributed by atoms with E-state index in [4.69, 9.17) is 14.9 Å². The molecular weight excluding hydrogens is 548 g/mol. The van der Waals surface area contributed by atoms with Crippen LogP contribution in [0.2, 0.25) is 0 Å². The number of hydrogen-bond donors (Lipinski definition) is 4. The molecule has 1 fully saturated rings. The van der Waals surface area contributed by atoms with Crippen molar-refractivity contribution >= 4 is 42.2 Å². The molecule has 41 heavy (non-hydrogen) atoms. The molecule has 2 atom stereocenters. The average Bonchev–Trinajstić information content (AvgIpc) is 2.97. The lowest BCUT2D eigenvalue weighted by molar-refractivity contribution is -0.148. The molecule has 1 aliphatic rings. The summed E-state index contributed by atoms with van der Waals surface area (Å²) in [5.41, 5.74) is 0. The van der Waals surface area contributed by atoms with Crippen LogP contribution in [0.25, 0.3) is 0 Å². The maximum absolute atomic E-state index is 11.8. The molecule has 1 aliphatic carbocycles. The molecule has 1 unspecified atom stereocenters. The molecule has 0 aromatic rings. The van der Waals surface area contributed by atoms with Gasteiger partial charge in [0, 0.05) is 45.4 Å². The zero-order valence-electron chi connectivity index (χ0n) is 27.3. The highest BCUT2D eigenvalue weighted by Crippen LogP contribution is 2.28. The quantitative estimate of drug-likeness (QED) is 0.205. The van der Waals surface area contributed by atoms with Crippen LogP contribution in [0.15, 0.2) is 0 Å². The van der Waals surface area contributed by atoms with E-state index in [0.717, 1.165) is 45.1 Å². The van der Waals surface area contributed by atoms with Gasteiger partial charge in [0.15, 0.2) is 0 Å². The molecule has 0 bridgehead atoms. The second-order valence-electron chi connectivity index (χ2n) is 9.31. The summed E-state index contributed by atoms with van der Waals surface area (Å²) >= 11 is 4.02. The lowest BCUT2D eigenvalue weighted by Crippen LogP contribution is -2.40. The fraction of sp³-hybridized carbons (Fsp3) is 0.833. The largest absolute Gasteiger partial charge is 0.481 e. The van der Waals surface area contributed by atoms with Crippen LogP contribution >= 0.6 is 12.6 Å². The van der Waals surface area contributed by atoms with Gasteiger partial charge >= 0.3 is 11.9 Å². The second kappa shape index (κ2) is 30.8. The summed E-state index contributed by atoms with van der Waals surface area (Å²) in [6.07, 6.45) is 5.75. The first-order valence-corrected chi connectivity index (χ1v) is 15.6. The monoisotopic (exact) mass is 608 g/mol. The number of nitrogens with zero attached hydrogens (tertiary/aromatic N) is 1. The van der Waals surface area contributed by atoms with Gasteiger partial charge in [0.05, 0.1) is 12.3 Å². The molecule has 2 amide bonds. The fourth-order valence-corrected chi connectivity index (χ4v) is 3.88. The van der Waals surface area contributed by atoms with E-state index in [-0.39, 0.29) is 35.7 Å². The van der Waals surface area contributed by atoms with E-state index < -0.39 is 23.9 Å². The molecule has 1 rings (SSSR count). The zero-order chi connectivity index (χ0) is 33.0. The molecule has 10 nitrogen and oxygen atoms in total. The van der Waals surface area contributed by atoms with Crippen molar-refractivity contribution < 1.29 is 38.9 Å². The maximum atomic E-state index is 11.8. The third-order valence-corrected chi connectivity index (χ3v) is 6.64. The highest BCUT2D eigenvalue weighted by molar-refractivity contribution is 7.80. The van der Waals surface area contributed by atoms with Crippen LogP contribution in [0.3, 0.4) is 0 Å². The topological polar surface area (TPSA) is 150 Å². The smallest absolute Gasteiger partial charge is 0.326 e. The first kappa shape index (κ1) is 45.8. The number of carbonyl (C=O) groups is 5. The van der Waals surface area contributed by atoms with E-state index in [2.05, 4.69) is 24.9 Å². The van der Waals surface area contributed by atoms with E-state index in [1.54, 1.807) is 14.0 Å². The van der Waals surface area contributed by atoms with Crippen molar-refractivity contribution in [2.24, 2.45) is 17.8 Å². The van der Waals surface area contributed by atoms with Gasteiger partial charge in [-0.05, 0) is 58.3 Å². The number of hydrogen-bond acceptors (Lipinski definition) is 7. The predicted octanol–water partition coefficient (Wildman–Crippen LogP) is 5.33. The summed E-state index contributed by atoms with van der Waals surface area (Å²) in [4.78, 5) is 56.6. The molecule has 0 aromatic heterocycles. The van der Waals surface area contributed by atoms with E-state index in [0.29, 0.717) is 18.9 Å². The molecule has 244 valence electrons. The highest BCUT2D eigenvalue weighted by atomic mass is 32.1. The molecule has 0 saturated heterocycles. The van der Waals surface area contributed by atoms with Crippen LogP contribution in [0, 0.1) is 17.8 Å². The third-order valence-electron chi connectivity index (χ3n) is 6.20. The van der Waals surface area contributed by atoms with Crippen molar-refractivity contribution in [3.05, 3.63) is 0 Å². The number of ether oxygens (including phenoxy) is 1. The molecule has 11 heteroatoms. The molecule has 0 spiro atoms. The number of carboxylic acids is 2. The molecule has 0 aromatic carbocycles. The Kier molecular flexibility index (Phi) is 34.4. The number of ketones is 1. The summed E-state index contributed by atoms with van der Waals surface area (Å²) in [7, 11) is 3.22. The molecule has 0 aliphatic heterocycles. The van der Waals surface area contributed by atoms with Crippen LogP contribution in [-0.4, -0.2) is 83.8 Å². The van der Waals surface area contributed by atoms with E-state index in [9.17, 15) is 24.0 Å². The Balaban J connectivity index is -0.000000276. The van der Waals surface area contributed by atoms with Crippen molar-refractivity contribution in [3.63, 3.8) is 0 Å². The SMILES string of the molecule is CC.CC.CC(=O)C1CCC(CNC(=O)C(CS)CC(=O)O)CC1.CCCC(=O)N(C)[C@@H](C)C(=O)O.CCCOC. The molecule has 3 N–H and O–H groups in total. The van der Waals surface area contributed by atoms with Crippen molar-refractivity contribution in [1.29, 1.82) is 0 Å². The second-order valence-corrected chi connectivity index (χ2v) is 9.68. The number of likely N-dealkylation sites (N-methyl/N-ethyl adjacent to an activating group) is 1. The van der Waals surface area contributed by atoms with Gasteiger partial charge in [0.1, 0.15) is 11.8 Å². The van der Waals surface area contributed by atoms with Crippen LogP contribution in [-0.2, 0) is 28.7 Å². The number of carboxylic acid groups (broad SMARTS) is 2. The van der Waals surface area contributed by atoms with E-state index in [1.165, 1.54) is 18.9 Å². The van der Waals surface area contributed by atoms with Crippen LogP contribution in [0.1, 0.15) is 107 Å². The number of nitrogens with one attached hydrogen (secondary N) is 1. The van der Waals surface area contributed by atoms with Crippen LogP contribution in [0.4, 0.5) is 0 Å². The van der Waals surface area contributed by atoms with E-state index in [1.807, 2.05) is 34.6 Å². The predicted molar refractivity (Wildman–Crippen MR) is 168 cm³/mol. The number of methoxy groups -OCH3 is 1. The van der Waals surface area contributed by atoms with Crippen LogP contribution in [0.5, 0.6) is 0 Å². The lowest BCUT2D eigenvalue weighted by atomic mass is 9.80. The number of Topliss-reactive ketones (excluding diaryl/α,β-unsaturated/α-hetero) is 1. The van der Waals surface area contributed by atoms with Crippen molar-refractivity contribution in [3.8, 4) is 0 Å². The lowest BCUT2D eigenvalue weighted by Gasteiger charge is -2.27. The Hall–Kier alpha value is -2.14. The van der Waals surface area contributed by atoms with Crippen molar-refractivity contribution in [1.82, 2.24) is 10.2 Å². The van der Waals surface area contributed by atoms with Gasteiger partial charge in [-0.25, -0.2) is 4.79 Å². The van der Waals surface area contributed by atoms with Gasteiger partial charge in [-0.15, -0.1) is 0 Å². The minimum atomic E-state index is -0.985. The molecule has 0 heterocycles. The molecule has 0 radical (unpaired) electrons. The zero-order valence-corrected chi connectivity index (χ0v) is 28.2. The van der Waals surface area contributed by atoms with E-state index >= 15 is 0 Å². The first-order chi connectivity index (χ1) is 19.4. The van der Waals surface area contributed by atoms with Crippen molar-refractivity contribution in [2.75, 3.05) is 33.1 Å². The average molecular weight is 609 g/mol. The Bertz CT molecular complexity index is 696. The Morgan fingerprint density at radius 1 is 0.976 bits per heavy atom. The van der Waals surface area contributed by atoms with Gasteiger partial charge in [-0.2, -0.15) is 12.6 Å².